The Hall–Kier alpha value is -3.47. The van der Waals surface area contributed by atoms with Gasteiger partial charge in [0, 0.05) is 36.1 Å². The van der Waals surface area contributed by atoms with E-state index in [0.29, 0.717) is 30.3 Å². The van der Waals surface area contributed by atoms with Gasteiger partial charge in [0.1, 0.15) is 16.9 Å². The van der Waals surface area contributed by atoms with Gasteiger partial charge >= 0.3 is 12.1 Å². The van der Waals surface area contributed by atoms with Gasteiger partial charge in [-0.25, -0.2) is 9.59 Å². The average molecular weight is 542 g/mol. The molecule has 3 N–H and O–H groups in total. The van der Waals surface area contributed by atoms with Crippen molar-refractivity contribution in [2.45, 2.75) is 70.2 Å². The Kier molecular flexibility index (Phi) is 7.13. The van der Waals surface area contributed by atoms with Crippen molar-refractivity contribution >= 4 is 28.8 Å². The van der Waals surface area contributed by atoms with Gasteiger partial charge in [-0.3, -0.25) is 10.1 Å². The predicted octanol–water partition coefficient (Wildman–Crippen LogP) is 3.05. The van der Waals surface area contributed by atoms with Crippen molar-refractivity contribution in [3.05, 3.63) is 24.4 Å². The van der Waals surface area contributed by atoms with Crippen molar-refractivity contribution in [3.8, 4) is 11.6 Å². The second-order valence-electron chi connectivity index (χ2n) is 11.9. The number of amides is 4. The first-order valence-corrected chi connectivity index (χ1v) is 13.7. The minimum absolute atomic E-state index is 0.0511. The molecule has 1 atom stereocenters. The zero-order valence-corrected chi connectivity index (χ0v) is 23.2. The maximum atomic E-state index is 13.2. The Bertz CT molecular complexity index is 1250. The Morgan fingerprint density at radius 2 is 1.79 bits per heavy atom. The summed E-state index contributed by atoms with van der Waals surface area (Å²) in [5, 5.41) is 17.8. The number of fused-ring (bicyclic) bond motifs is 1. The Balaban J connectivity index is 1.26. The lowest BCUT2D eigenvalue weighted by atomic mass is 9.77. The summed E-state index contributed by atoms with van der Waals surface area (Å²) >= 11 is 0. The first-order chi connectivity index (χ1) is 18.5. The molecule has 212 valence electrons. The fourth-order valence-electron chi connectivity index (χ4n) is 6.28. The zero-order valence-electron chi connectivity index (χ0n) is 23.2. The molecule has 3 aliphatic heterocycles. The highest BCUT2D eigenvalue weighted by molar-refractivity contribution is 6.07. The molecule has 1 aromatic heterocycles. The number of urea groups is 1. The van der Waals surface area contributed by atoms with E-state index in [-0.39, 0.29) is 30.3 Å². The van der Waals surface area contributed by atoms with Crippen molar-refractivity contribution in [1.29, 1.82) is 0 Å². The van der Waals surface area contributed by atoms with E-state index < -0.39 is 17.2 Å². The summed E-state index contributed by atoms with van der Waals surface area (Å²) in [6.07, 6.45) is 4.74. The van der Waals surface area contributed by atoms with Crippen LogP contribution in [0.1, 0.15) is 46.5 Å². The fraction of sp³-hybridized carbons (Fsp3) is 0.607. The highest BCUT2D eigenvalue weighted by Gasteiger charge is 2.53. The van der Waals surface area contributed by atoms with E-state index in [2.05, 4.69) is 15.5 Å². The smallest absolute Gasteiger partial charge is 0.410 e. The normalized spacial score (nSPS) is 23.6. The van der Waals surface area contributed by atoms with Gasteiger partial charge < -0.3 is 34.3 Å². The summed E-state index contributed by atoms with van der Waals surface area (Å²) in [5.41, 5.74) is -1.66. The van der Waals surface area contributed by atoms with Crippen molar-refractivity contribution < 1.29 is 29.0 Å². The molecule has 39 heavy (non-hydrogen) atoms. The van der Waals surface area contributed by atoms with Crippen molar-refractivity contribution in [1.82, 2.24) is 25.0 Å². The van der Waals surface area contributed by atoms with Crippen LogP contribution in [-0.2, 0) is 16.1 Å². The van der Waals surface area contributed by atoms with Crippen LogP contribution < -0.4 is 15.4 Å². The highest BCUT2D eigenvalue weighted by atomic mass is 16.6. The summed E-state index contributed by atoms with van der Waals surface area (Å²) in [7, 11) is 1.59. The number of rotatable bonds is 5. The molecule has 1 unspecified atom stereocenters. The van der Waals surface area contributed by atoms with Gasteiger partial charge in [-0.05, 0) is 83.7 Å². The van der Waals surface area contributed by atoms with E-state index in [4.69, 9.17) is 9.47 Å². The molecule has 0 radical (unpaired) electrons. The van der Waals surface area contributed by atoms with Gasteiger partial charge in [0.15, 0.2) is 5.88 Å². The molecule has 3 fully saturated rings. The number of hydrogen-bond donors (Lipinski definition) is 3. The number of benzene rings is 1. The standard InChI is InChI=1S/C28H39N5O6/c1-27(2,3)39-26(37)32-13-9-20(10-14-32)31-11-7-19(8-12-31)28(24(35)29-25(36)30-28)17-33-16-18-15-21(38-4)5-6-22(18)23(33)34/h5-6,15-16,19-20,34H,7-14,17H2,1-4H3,(H2,29,30,35,36). The number of ether oxygens (including phenoxy) is 2. The molecule has 4 heterocycles. The third kappa shape index (κ3) is 5.36. The first kappa shape index (κ1) is 27.1. The van der Waals surface area contributed by atoms with Crippen LogP contribution in [0.4, 0.5) is 9.59 Å². The lowest BCUT2D eigenvalue weighted by Gasteiger charge is -2.45. The minimum atomic E-state index is -1.15. The lowest BCUT2D eigenvalue weighted by Crippen LogP contribution is -2.59. The number of carbonyl (C=O) groups excluding carboxylic acids is 3. The molecule has 0 aliphatic carbocycles. The number of aromatic nitrogens is 1. The van der Waals surface area contributed by atoms with Crippen LogP contribution in [0, 0.1) is 5.92 Å². The van der Waals surface area contributed by atoms with E-state index in [0.717, 1.165) is 44.2 Å². The number of imide groups is 1. The zero-order chi connectivity index (χ0) is 27.9. The Morgan fingerprint density at radius 3 is 2.38 bits per heavy atom. The number of likely N-dealkylation sites (tertiary alicyclic amines) is 2. The van der Waals surface area contributed by atoms with E-state index in [1.165, 1.54) is 0 Å². The molecule has 3 saturated heterocycles. The lowest BCUT2D eigenvalue weighted by molar-refractivity contribution is -0.127. The van der Waals surface area contributed by atoms with Crippen molar-refractivity contribution in [2.75, 3.05) is 33.3 Å². The molecule has 2 aromatic rings. The number of piperidine rings is 2. The molecule has 5 rings (SSSR count). The molecule has 11 nitrogen and oxygen atoms in total. The molecule has 11 heteroatoms. The Labute approximate surface area is 228 Å². The van der Waals surface area contributed by atoms with E-state index in [1.54, 1.807) is 34.9 Å². The molecule has 0 spiro atoms. The van der Waals surface area contributed by atoms with Gasteiger partial charge in [-0.15, -0.1) is 0 Å². The minimum Gasteiger partial charge on any atom is -0.497 e. The number of carbonyl (C=O) groups is 3. The van der Waals surface area contributed by atoms with Crippen LogP contribution in [-0.4, -0.2) is 88.0 Å². The second-order valence-corrected chi connectivity index (χ2v) is 11.9. The summed E-state index contributed by atoms with van der Waals surface area (Å²) < 4.78 is 12.5. The molecule has 0 bridgehead atoms. The van der Waals surface area contributed by atoms with Crippen LogP contribution in [0.2, 0.25) is 0 Å². The van der Waals surface area contributed by atoms with Gasteiger partial charge in [0.05, 0.1) is 13.7 Å². The maximum absolute atomic E-state index is 13.2. The Morgan fingerprint density at radius 1 is 1.10 bits per heavy atom. The largest absolute Gasteiger partial charge is 0.497 e. The van der Waals surface area contributed by atoms with E-state index >= 15 is 0 Å². The number of methoxy groups -OCH3 is 1. The second kappa shape index (κ2) is 10.3. The predicted molar refractivity (Wildman–Crippen MR) is 145 cm³/mol. The molecule has 3 aliphatic rings. The number of aromatic hydroxyl groups is 1. The maximum Gasteiger partial charge on any atom is 0.410 e. The van der Waals surface area contributed by atoms with Crippen LogP contribution in [0.25, 0.3) is 10.8 Å². The third-order valence-electron chi connectivity index (χ3n) is 8.31. The topological polar surface area (TPSA) is 125 Å². The van der Waals surface area contributed by atoms with Crippen LogP contribution in [0.3, 0.4) is 0 Å². The van der Waals surface area contributed by atoms with Gasteiger partial charge in [-0.2, -0.15) is 0 Å². The van der Waals surface area contributed by atoms with Gasteiger partial charge in [0.25, 0.3) is 5.91 Å². The molecule has 0 saturated carbocycles. The van der Waals surface area contributed by atoms with Crippen molar-refractivity contribution in [2.24, 2.45) is 5.92 Å². The highest BCUT2D eigenvalue weighted by Crippen LogP contribution is 2.37. The quantitative estimate of drug-likeness (QED) is 0.497. The number of hydrogen-bond acceptors (Lipinski definition) is 7. The van der Waals surface area contributed by atoms with E-state index in [1.807, 2.05) is 26.8 Å². The van der Waals surface area contributed by atoms with Gasteiger partial charge in [-0.1, -0.05) is 0 Å². The average Bonchev–Trinajstić information content (AvgIpc) is 3.37. The number of nitrogens with one attached hydrogen (secondary N) is 2. The van der Waals surface area contributed by atoms with Crippen LogP contribution in [0.5, 0.6) is 11.6 Å². The van der Waals surface area contributed by atoms with E-state index in [9.17, 15) is 19.5 Å². The summed E-state index contributed by atoms with van der Waals surface area (Å²) in [6, 6.07) is 5.25. The van der Waals surface area contributed by atoms with Crippen LogP contribution >= 0.6 is 0 Å². The van der Waals surface area contributed by atoms with Gasteiger partial charge in [0.2, 0.25) is 0 Å². The molecular formula is C28H39N5O6. The summed E-state index contributed by atoms with van der Waals surface area (Å²) in [5.74, 6) is 0.272. The van der Waals surface area contributed by atoms with Crippen molar-refractivity contribution in [3.63, 3.8) is 0 Å². The molecular weight excluding hydrogens is 502 g/mol. The van der Waals surface area contributed by atoms with Crippen LogP contribution in [0.15, 0.2) is 24.4 Å². The first-order valence-electron chi connectivity index (χ1n) is 13.7. The monoisotopic (exact) mass is 541 g/mol. The fourth-order valence-corrected chi connectivity index (χ4v) is 6.28. The summed E-state index contributed by atoms with van der Waals surface area (Å²) in [6.45, 7) is 8.66. The molecule has 4 amide bonds. The SMILES string of the molecule is COc1ccc2c(O)n(CC3(C4CCN(C5CCN(C(=O)OC(C)(C)C)CC5)CC4)NC(=O)NC3=O)cc2c1. The number of nitrogens with zero attached hydrogens (tertiary/aromatic N) is 3. The molecule has 1 aromatic carbocycles. The third-order valence-corrected chi connectivity index (χ3v) is 8.31. The summed E-state index contributed by atoms with van der Waals surface area (Å²) in [4.78, 5) is 42.3.